The first kappa shape index (κ1) is 27.6. The molecule has 1 atom stereocenters. The van der Waals surface area contributed by atoms with Gasteiger partial charge in [0.2, 0.25) is 5.54 Å². The van der Waals surface area contributed by atoms with Crippen molar-refractivity contribution in [1.82, 2.24) is 15.3 Å². The van der Waals surface area contributed by atoms with Gasteiger partial charge in [-0.05, 0) is 62.1 Å². The number of aromatic amines is 1. The summed E-state index contributed by atoms with van der Waals surface area (Å²) in [5.74, 6) is 5.96. The number of halogens is 4. The molecule has 2 aromatic carbocycles. The molecule has 7 nitrogen and oxygen atoms in total. The molecule has 1 aromatic heterocycles. The van der Waals surface area contributed by atoms with E-state index in [-0.39, 0.29) is 40.7 Å². The molecular weight excluding hydrogens is 545 g/mol. The van der Waals surface area contributed by atoms with E-state index in [9.17, 15) is 22.8 Å². The van der Waals surface area contributed by atoms with Crippen LogP contribution in [0.5, 0.6) is 5.75 Å². The maximum atomic E-state index is 14.8. The second kappa shape index (κ2) is 10.2. The molecule has 0 bridgehead atoms. The first-order valence-electron chi connectivity index (χ1n) is 12.6. The highest BCUT2D eigenvalue weighted by molar-refractivity contribution is 6.31. The average molecular weight is 571 g/mol. The summed E-state index contributed by atoms with van der Waals surface area (Å²) in [7, 11) is 1.52. The zero-order valence-corrected chi connectivity index (χ0v) is 22.8. The summed E-state index contributed by atoms with van der Waals surface area (Å²) in [6.07, 6.45) is -3.51. The third-order valence-electron chi connectivity index (χ3n) is 7.07. The summed E-state index contributed by atoms with van der Waals surface area (Å²) in [4.78, 5) is 34.3. The Morgan fingerprint density at radius 1 is 1.18 bits per heavy atom. The van der Waals surface area contributed by atoms with Crippen LogP contribution in [-0.4, -0.2) is 29.3 Å². The maximum absolute atomic E-state index is 14.8. The fourth-order valence-electron chi connectivity index (χ4n) is 4.72. The highest BCUT2D eigenvalue weighted by atomic mass is 35.5. The van der Waals surface area contributed by atoms with Crippen LogP contribution in [0.1, 0.15) is 46.6 Å². The minimum Gasteiger partial charge on any atom is -0.497 e. The minimum atomic E-state index is -4.94. The lowest BCUT2D eigenvalue weighted by molar-refractivity contribution is -0.179. The molecule has 5 rings (SSSR count). The van der Waals surface area contributed by atoms with Gasteiger partial charge >= 0.3 is 12.2 Å². The van der Waals surface area contributed by atoms with Crippen molar-refractivity contribution >= 4 is 23.3 Å². The van der Waals surface area contributed by atoms with E-state index in [1.165, 1.54) is 24.1 Å². The van der Waals surface area contributed by atoms with Crippen LogP contribution >= 0.6 is 11.6 Å². The molecule has 2 amide bonds. The van der Waals surface area contributed by atoms with Crippen LogP contribution in [0.2, 0.25) is 5.02 Å². The number of H-pyrrole nitrogens is 1. The fourth-order valence-corrected chi connectivity index (χ4v) is 4.95. The number of hydrogen-bond donors (Lipinski definition) is 2. The molecule has 0 radical (unpaired) electrons. The van der Waals surface area contributed by atoms with Crippen molar-refractivity contribution in [3.8, 4) is 17.6 Å². The summed E-state index contributed by atoms with van der Waals surface area (Å²) in [5, 5.41) is 2.18. The topological polar surface area (TPSA) is 87.3 Å². The van der Waals surface area contributed by atoms with Gasteiger partial charge in [-0.3, -0.25) is 9.69 Å². The molecule has 2 aliphatic rings. The zero-order valence-electron chi connectivity index (χ0n) is 22.0. The highest BCUT2D eigenvalue weighted by Gasteiger charge is 2.60. The minimum absolute atomic E-state index is 0.00528. The molecular formula is C29H26ClF3N4O3. The summed E-state index contributed by atoms with van der Waals surface area (Å²) in [5.41, 5.74) is -1.74. The number of hydrogen-bond acceptors (Lipinski definition) is 4. The van der Waals surface area contributed by atoms with Crippen LogP contribution in [0.3, 0.4) is 0 Å². The first-order valence-corrected chi connectivity index (χ1v) is 13.0. The number of urea groups is 1. The maximum Gasteiger partial charge on any atom is 0.427 e. The molecule has 2 N–H and O–H groups in total. The molecule has 3 aromatic rings. The number of carbonyl (C=O) groups excluding carboxylic acids is 1. The summed E-state index contributed by atoms with van der Waals surface area (Å²) in [6.45, 7) is 3.30. The molecule has 208 valence electrons. The number of nitrogens with one attached hydrogen (secondary N) is 2. The molecule has 11 heteroatoms. The van der Waals surface area contributed by atoms with Gasteiger partial charge in [0.25, 0.3) is 5.56 Å². The number of nitrogens with zero attached hydrogens (tertiary/aromatic N) is 2. The third-order valence-corrected chi connectivity index (χ3v) is 7.42. The average Bonchev–Trinajstić information content (AvgIpc) is 3.71. The van der Waals surface area contributed by atoms with E-state index in [0.29, 0.717) is 46.8 Å². The van der Waals surface area contributed by atoms with Crippen molar-refractivity contribution in [3.05, 3.63) is 85.5 Å². The lowest BCUT2D eigenvalue weighted by Crippen LogP contribution is -2.62. The molecule has 1 aliphatic heterocycles. The lowest BCUT2D eigenvalue weighted by Gasteiger charge is -2.42. The van der Waals surface area contributed by atoms with E-state index in [4.69, 9.17) is 16.3 Å². The van der Waals surface area contributed by atoms with Crippen molar-refractivity contribution in [1.29, 1.82) is 0 Å². The number of aryl methyl sites for hydroxylation is 2. The number of amides is 2. The van der Waals surface area contributed by atoms with Crippen molar-refractivity contribution in [2.75, 3.05) is 12.0 Å². The second-order valence-electron chi connectivity index (χ2n) is 10.0. The van der Waals surface area contributed by atoms with Crippen LogP contribution in [0.25, 0.3) is 0 Å². The Hall–Kier alpha value is -3.97. The first-order chi connectivity index (χ1) is 18.9. The molecule has 0 saturated heterocycles. The normalized spacial score (nSPS) is 18.5. The van der Waals surface area contributed by atoms with Gasteiger partial charge in [-0.15, -0.1) is 0 Å². The monoisotopic (exact) mass is 570 g/mol. The van der Waals surface area contributed by atoms with Gasteiger partial charge in [0.05, 0.1) is 19.3 Å². The van der Waals surface area contributed by atoms with Gasteiger partial charge in [0.1, 0.15) is 11.6 Å². The SMILES string of the molecule is COc1ccc(CN2C(=O)NC(C#CC3CC3)(C(F)(F)F)c3cc(Cl)c(Cc4c(C)nc(C)[nH]c4=O)cc32)cc1. The Bertz CT molecular complexity index is 1600. The van der Waals surface area contributed by atoms with Crippen LogP contribution in [0.4, 0.5) is 23.7 Å². The number of anilines is 1. The van der Waals surface area contributed by atoms with E-state index in [0.717, 1.165) is 0 Å². The van der Waals surface area contributed by atoms with Crippen molar-refractivity contribution in [3.63, 3.8) is 0 Å². The lowest BCUT2D eigenvalue weighted by atomic mass is 9.84. The largest absolute Gasteiger partial charge is 0.497 e. The van der Waals surface area contributed by atoms with E-state index in [1.807, 2.05) is 0 Å². The van der Waals surface area contributed by atoms with Crippen LogP contribution in [0, 0.1) is 31.6 Å². The number of carbonyl (C=O) groups is 1. The van der Waals surface area contributed by atoms with Gasteiger partial charge in [0, 0.05) is 34.2 Å². The highest BCUT2D eigenvalue weighted by Crippen LogP contribution is 2.48. The van der Waals surface area contributed by atoms with E-state index < -0.39 is 17.7 Å². The van der Waals surface area contributed by atoms with Crippen LogP contribution < -0.4 is 20.5 Å². The molecule has 1 fully saturated rings. The van der Waals surface area contributed by atoms with Gasteiger partial charge in [-0.1, -0.05) is 35.6 Å². The van der Waals surface area contributed by atoms with Gasteiger partial charge in [-0.25, -0.2) is 9.78 Å². The predicted octanol–water partition coefficient (Wildman–Crippen LogP) is 5.54. The molecule has 0 spiro atoms. The van der Waals surface area contributed by atoms with E-state index >= 15 is 0 Å². The van der Waals surface area contributed by atoms with Gasteiger partial charge in [0.15, 0.2) is 0 Å². The number of fused-ring (bicyclic) bond motifs is 1. The van der Waals surface area contributed by atoms with E-state index in [1.54, 1.807) is 38.1 Å². The Morgan fingerprint density at radius 3 is 2.48 bits per heavy atom. The third kappa shape index (κ3) is 5.13. The van der Waals surface area contributed by atoms with Gasteiger partial charge in [-0.2, -0.15) is 13.2 Å². The Balaban J connectivity index is 1.68. The smallest absolute Gasteiger partial charge is 0.427 e. The number of ether oxygens (including phenoxy) is 1. The Morgan fingerprint density at radius 2 is 1.88 bits per heavy atom. The molecule has 40 heavy (non-hydrogen) atoms. The number of aromatic nitrogens is 2. The summed E-state index contributed by atoms with van der Waals surface area (Å²) >= 11 is 6.58. The zero-order chi connectivity index (χ0) is 28.8. The number of rotatable bonds is 5. The predicted molar refractivity (Wildman–Crippen MR) is 145 cm³/mol. The number of methoxy groups -OCH3 is 1. The standard InChI is InChI=1S/C29H26ClF3N4O3/c1-16-22(26(38)35-17(2)34-16)12-20-13-25-23(14-24(20)30)28(29(31,32)33,11-10-18-4-5-18)36-27(39)37(25)15-19-6-8-21(40-3)9-7-19/h6-9,13-14,18H,4-5,12,15H2,1-3H3,(H,36,39)(H,34,35,38). The quantitative estimate of drug-likeness (QED) is 0.394. The Labute approximate surface area is 233 Å². The van der Waals surface area contributed by atoms with Crippen molar-refractivity contribution < 1.29 is 22.7 Å². The number of benzene rings is 2. The Kier molecular flexibility index (Phi) is 7.04. The van der Waals surface area contributed by atoms with Crippen LogP contribution in [0.15, 0.2) is 41.2 Å². The summed E-state index contributed by atoms with van der Waals surface area (Å²) < 4.78 is 49.7. The van der Waals surface area contributed by atoms with Crippen molar-refractivity contribution in [2.24, 2.45) is 5.92 Å². The summed E-state index contributed by atoms with van der Waals surface area (Å²) in [6, 6.07) is 8.54. The second-order valence-corrected chi connectivity index (χ2v) is 10.4. The fraction of sp³-hybridized carbons (Fsp3) is 0.345. The molecule has 1 aliphatic carbocycles. The van der Waals surface area contributed by atoms with Crippen molar-refractivity contribution in [2.45, 2.75) is 51.4 Å². The molecule has 1 unspecified atom stereocenters. The van der Waals surface area contributed by atoms with Gasteiger partial charge < -0.3 is 15.0 Å². The van der Waals surface area contributed by atoms with E-state index in [2.05, 4.69) is 27.1 Å². The molecule has 2 heterocycles. The molecule has 1 saturated carbocycles. The van der Waals surface area contributed by atoms with Crippen LogP contribution in [-0.2, 0) is 18.5 Å². The number of alkyl halides is 3.